The number of carbonyl (C=O) groups excluding carboxylic acids is 1. The van der Waals surface area contributed by atoms with Gasteiger partial charge in [-0.15, -0.1) is 0 Å². The molecular formula is C15H21NO2. The molecule has 3 heteroatoms. The summed E-state index contributed by atoms with van der Waals surface area (Å²) in [6.07, 6.45) is 3.67. The molecule has 2 rings (SSSR count). The predicted octanol–water partition coefficient (Wildman–Crippen LogP) is 2.25. The molecule has 1 aromatic carbocycles. The number of para-hydroxylation sites is 1. The van der Waals surface area contributed by atoms with Crippen LogP contribution in [0.3, 0.4) is 0 Å². The summed E-state index contributed by atoms with van der Waals surface area (Å²) in [5.41, 5.74) is 1.15. The largest absolute Gasteiger partial charge is 0.496 e. The van der Waals surface area contributed by atoms with Gasteiger partial charge in [-0.2, -0.15) is 0 Å². The fourth-order valence-electron chi connectivity index (χ4n) is 2.87. The zero-order valence-electron chi connectivity index (χ0n) is 11.2. The molecule has 0 aliphatic carbocycles. The van der Waals surface area contributed by atoms with E-state index in [0.717, 1.165) is 38.0 Å². The summed E-state index contributed by atoms with van der Waals surface area (Å²) in [7, 11) is 3.83. The summed E-state index contributed by atoms with van der Waals surface area (Å²) in [5.74, 6) is 0.906. The number of carbonyl (C=O) groups is 1. The van der Waals surface area contributed by atoms with E-state index in [0.29, 0.717) is 6.42 Å². The number of methoxy groups -OCH3 is 1. The molecule has 0 spiro atoms. The molecule has 0 amide bonds. The number of hydrogen-bond acceptors (Lipinski definition) is 3. The molecule has 1 heterocycles. The van der Waals surface area contributed by atoms with Gasteiger partial charge in [-0.3, -0.25) is 0 Å². The number of hydrogen-bond donors (Lipinski definition) is 0. The maximum absolute atomic E-state index is 11.1. The molecule has 1 aromatic rings. The third-order valence-electron chi connectivity index (χ3n) is 4.10. The summed E-state index contributed by atoms with van der Waals surface area (Å²) in [4.78, 5) is 13.4. The van der Waals surface area contributed by atoms with Gasteiger partial charge in [0, 0.05) is 17.4 Å². The second kappa shape index (κ2) is 5.53. The van der Waals surface area contributed by atoms with Gasteiger partial charge in [-0.05, 0) is 39.0 Å². The van der Waals surface area contributed by atoms with E-state index in [1.807, 2.05) is 18.2 Å². The van der Waals surface area contributed by atoms with Gasteiger partial charge in [0.05, 0.1) is 7.11 Å². The first-order valence-corrected chi connectivity index (χ1v) is 6.47. The molecular weight excluding hydrogens is 226 g/mol. The van der Waals surface area contributed by atoms with Crippen LogP contribution >= 0.6 is 0 Å². The molecule has 18 heavy (non-hydrogen) atoms. The van der Waals surface area contributed by atoms with Crippen LogP contribution in [0, 0.1) is 0 Å². The van der Waals surface area contributed by atoms with E-state index in [-0.39, 0.29) is 5.41 Å². The van der Waals surface area contributed by atoms with Gasteiger partial charge in [-0.1, -0.05) is 18.2 Å². The highest BCUT2D eigenvalue weighted by atomic mass is 16.5. The summed E-state index contributed by atoms with van der Waals surface area (Å²) >= 11 is 0. The van der Waals surface area contributed by atoms with Crippen molar-refractivity contribution < 1.29 is 9.53 Å². The van der Waals surface area contributed by atoms with Crippen LogP contribution in [0.15, 0.2) is 24.3 Å². The van der Waals surface area contributed by atoms with E-state index in [2.05, 4.69) is 18.0 Å². The topological polar surface area (TPSA) is 29.5 Å². The first kappa shape index (κ1) is 13.1. The molecule has 1 saturated heterocycles. The molecule has 0 saturated carbocycles. The van der Waals surface area contributed by atoms with Gasteiger partial charge in [0.1, 0.15) is 12.0 Å². The van der Waals surface area contributed by atoms with E-state index >= 15 is 0 Å². The van der Waals surface area contributed by atoms with Crippen LogP contribution < -0.4 is 4.74 Å². The van der Waals surface area contributed by atoms with E-state index in [9.17, 15) is 4.79 Å². The third kappa shape index (κ3) is 2.41. The van der Waals surface area contributed by atoms with Gasteiger partial charge in [0.15, 0.2) is 0 Å². The molecule has 0 N–H and O–H groups in total. The Labute approximate surface area is 109 Å². The number of likely N-dealkylation sites (tertiary alicyclic amines) is 1. The quantitative estimate of drug-likeness (QED) is 0.764. The Morgan fingerprint density at radius 2 is 2.00 bits per heavy atom. The van der Waals surface area contributed by atoms with Crippen LogP contribution in [0.4, 0.5) is 0 Å². The summed E-state index contributed by atoms with van der Waals surface area (Å²) in [5, 5.41) is 0. The van der Waals surface area contributed by atoms with Crippen LogP contribution in [0.25, 0.3) is 0 Å². The van der Waals surface area contributed by atoms with Crippen LogP contribution in [0.2, 0.25) is 0 Å². The Morgan fingerprint density at radius 1 is 1.33 bits per heavy atom. The predicted molar refractivity (Wildman–Crippen MR) is 72.1 cm³/mol. The molecule has 0 atom stereocenters. The zero-order chi connectivity index (χ0) is 13.0. The van der Waals surface area contributed by atoms with Crippen molar-refractivity contribution in [3.8, 4) is 5.75 Å². The monoisotopic (exact) mass is 247 g/mol. The zero-order valence-corrected chi connectivity index (χ0v) is 11.2. The number of benzene rings is 1. The molecule has 1 fully saturated rings. The second-order valence-corrected chi connectivity index (χ2v) is 5.15. The van der Waals surface area contributed by atoms with Gasteiger partial charge >= 0.3 is 0 Å². The van der Waals surface area contributed by atoms with Crippen LogP contribution in [-0.4, -0.2) is 38.4 Å². The van der Waals surface area contributed by atoms with Crippen molar-refractivity contribution in [2.24, 2.45) is 0 Å². The lowest BCUT2D eigenvalue weighted by Gasteiger charge is -2.40. The molecule has 0 radical (unpaired) electrons. The Bertz CT molecular complexity index is 409. The van der Waals surface area contributed by atoms with Crippen molar-refractivity contribution in [2.45, 2.75) is 24.7 Å². The second-order valence-electron chi connectivity index (χ2n) is 5.15. The van der Waals surface area contributed by atoms with E-state index in [4.69, 9.17) is 4.74 Å². The SMILES string of the molecule is COc1ccccc1C1(CC=O)CCN(C)CC1. The van der Waals surface area contributed by atoms with E-state index < -0.39 is 0 Å². The highest BCUT2D eigenvalue weighted by molar-refractivity contribution is 5.55. The molecule has 0 aromatic heterocycles. The van der Waals surface area contributed by atoms with Gasteiger partial charge in [0.25, 0.3) is 0 Å². The number of piperidine rings is 1. The summed E-state index contributed by atoms with van der Waals surface area (Å²) in [6, 6.07) is 8.10. The Kier molecular flexibility index (Phi) is 4.02. The van der Waals surface area contributed by atoms with Crippen molar-refractivity contribution in [3.63, 3.8) is 0 Å². The standard InChI is InChI=1S/C15H21NO2/c1-16-10-7-15(8-11-16,9-12-17)13-5-3-4-6-14(13)18-2/h3-6,12H,7-11H2,1-2H3. The fourth-order valence-corrected chi connectivity index (χ4v) is 2.87. The van der Waals surface area contributed by atoms with Gasteiger partial charge in [-0.25, -0.2) is 0 Å². The molecule has 1 aliphatic rings. The highest BCUT2D eigenvalue weighted by Gasteiger charge is 2.36. The van der Waals surface area contributed by atoms with Gasteiger partial charge in [0.2, 0.25) is 0 Å². The van der Waals surface area contributed by atoms with Crippen molar-refractivity contribution in [3.05, 3.63) is 29.8 Å². The lowest BCUT2D eigenvalue weighted by molar-refractivity contribution is -0.109. The van der Waals surface area contributed by atoms with Crippen molar-refractivity contribution in [1.29, 1.82) is 0 Å². The number of aldehydes is 1. The van der Waals surface area contributed by atoms with Crippen LogP contribution in [0.5, 0.6) is 5.75 Å². The number of nitrogens with zero attached hydrogens (tertiary/aromatic N) is 1. The smallest absolute Gasteiger partial charge is 0.122 e. The van der Waals surface area contributed by atoms with Crippen LogP contribution in [0.1, 0.15) is 24.8 Å². The maximum Gasteiger partial charge on any atom is 0.122 e. The minimum atomic E-state index is -0.0408. The summed E-state index contributed by atoms with van der Waals surface area (Å²) in [6.45, 7) is 2.07. The first-order chi connectivity index (χ1) is 8.72. The van der Waals surface area contributed by atoms with E-state index in [1.54, 1.807) is 7.11 Å². The normalized spacial score (nSPS) is 19.4. The number of ether oxygens (including phenoxy) is 1. The first-order valence-electron chi connectivity index (χ1n) is 6.47. The molecule has 1 aliphatic heterocycles. The third-order valence-corrected chi connectivity index (χ3v) is 4.10. The molecule has 3 nitrogen and oxygen atoms in total. The fraction of sp³-hybridized carbons (Fsp3) is 0.533. The van der Waals surface area contributed by atoms with Crippen molar-refractivity contribution in [2.75, 3.05) is 27.2 Å². The Balaban J connectivity index is 2.37. The van der Waals surface area contributed by atoms with Crippen molar-refractivity contribution in [1.82, 2.24) is 4.90 Å². The molecule has 0 unspecified atom stereocenters. The minimum absolute atomic E-state index is 0.0408. The average Bonchev–Trinajstić information content (AvgIpc) is 2.42. The van der Waals surface area contributed by atoms with Crippen molar-refractivity contribution >= 4 is 6.29 Å². The highest BCUT2D eigenvalue weighted by Crippen LogP contribution is 2.41. The van der Waals surface area contributed by atoms with E-state index in [1.165, 1.54) is 5.56 Å². The lowest BCUT2D eigenvalue weighted by atomic mass is 9.70. The number of rotatable bonds is 4. The minimum Gasteiger partial charge on any atom is -0.496 e. The lowest BCUT2D eigenvalue weighted by Crippen LogP contribution is -2.41. The summed E-state index contributed by atoms with van der Waals surface area (Å²) < 4.78 is 5.47. The average molecular weight is 247 g/mol. The van der Waals surface area contributed by atoms with Crippen LogP contribution in [-0.2, 0) is 10.2 Å². The molecule has 98 valence electrons. The Morgan fingerprint density at radius 3 is 2.61 bits per heavy atom. The maximum atomic E-state index is 11.1. The van der Waals surface area contributed by atoms with Gasteiger partial charge < -0.3 is 14.4 Å². The Hall–Kier alpha value is -1.35. The molecule has 0 bridgehead atoms.